The topological polar surface area (TPSA) is 46.5 Å². The van der Waals surface area contributed by atoms with Gasteiger partial charge in [0, 0.05) is 6.92 Å². The van der Waals surface area contributed by atoms with Crippen LogP contribution in [0.25, 0.3) is 0 Å². The third-order valence-corrected chi connectivity index (χ3v) is 5.62. The largest absolute Gasteiger partial charge is 0.458 e. The van der Waals surface area contributed by atoms with E-state index in [1.807, 2.05) is 13.8 Å². The third-order valence-electron chi connectivity index (χ3n) is 5.62. The second kappa shape index (κ2) is 5.18. The van der Waals surface area contributed by atoms with Crippen LogP contribution in [0.1, 0.15) is 60.3 Å². The van der Waals surface area contributed by atoms with Crippen LogP contribution in [0.2, 0.25) is 0 Å². The monoisotopic (exact) mass is 280 g/mol. The summed E-state index contributed by atoms with van der Waals surface area (Å²) in [5.74, 6) is 0.644. The highest BCUT2D eigenvalue weighted by atomic mass is 16.5. The molecule has 1 saturated carbocycles. The van der Waals surface area contributed by atoms with Gasteiger partial charge in [0.25, 0.3) is 0 Å². The van der Waals surface area contributed by atoms with E-state index in [2.05, 4.69) is 19.9 Å². The zero-order valence-electron chi connectivity index (χ0n) is 13.4. The van der Waals surface area contributed by atoms with Crippen molar-refractivity contribution in [3.8, 4) is 0 Å². The number of carbonyl (C=O) groups excluding carboxylic acids is 1. The van der Waals surface area contributed by atoms with E-state index in [-0.39, 0.29) is 17.5 Å². The molecule has 2 rings (SSSR count). The number of carbonyl (C=O) groups is 1. The highest BCUT2D eigenvalue weighted by molar-refractivity contribution is 5.66. The van der Waals surface area contributed by atoms with Gasteiger partial charge in [-0.3, -0.25) is 4.79 Å². The molecule has 1 spiro atoms. The van der Waals surface area contributed by atoms with E-state index < -0.39 is 5.60 Å². The minimum atomic E-state index is -0.601. The summed E-state index contributed by atoms with van der Waals surface area (Å²) in [7, 11) is 0. The van der Waals surface area contributed by atoms with Crippen LogP contribution in [-0.2, 0) is 9.53 Å². The fraction of sp³-hybridized carbons (Fsp3) is 0.824. The number of esters is 1. The van der Waals surface area contributed by atoms with E-state index in [1.54, 1.807) is 0 Å². The number of ether oxygens (including phenoxy) is 1. The highest BCUT2D eigenvalue weighted by Crippen LogP contribution is 2.57. The number of hydrogen-bond acceptors (Lipinski definition) is 3. The Hall–Kier alpha value is -0.830. The zero-order valence-corrected chi connectivity index (χ0v) is 13.4. The first kappa shape index (κ1) is 15.6. The van der Waals surface area contributed by atoms with Crippen molar-refractivity contribution < 1.29 is 14.6 Å². The van der Waals surface area contributed by atoms with Gasteiger partial charge in [-0.05, 0) is 69.8 Å². The molecule has 20 heavy (non-hydrogen) atoms. The molecule has 3 heteroatoms. The lowest BCUT2D eigenvalue weighted by molar-refractivity contribution is -0.145. The Balaban J connectivity index is 2.19. The number of rotatable bonds is 2. The normalized spacial score (nSPS) is 37.9. The van der Waals surface area contributed by atoms with E-state index >= 15 is 0 Å². The summed E-state index contributed by atoms with van der Waals surface area (Å²) in [6.07, 6.45) is 6.22. The van der Waals surface area contributed by atoms with Gasteiger partial charge in [-0.2, -0.15) is 0 Å². The standard InChI is InChI=1S/C17H28O3/c1-11-8-15(20-13(3)18)9-12(2)17(11)7-6-14(10-17)16(4,5)19/h8,12,14-15,19H,6-7,9-10H2,1-5H3/t12-,14+,15-,17+/m0/s1. The van der Waals surface area contributed by atoms with Gasteiger partial charge in [-0.15, -0.1) is 0 Å². The molecule has 1 N–H and O–H groups in total. The molecule has 0 aromatic carbocycles. The fourth-order valence-electron chi connectivity index (χ4n) is 4.26. The summed E-state index contributed by atoms with van der Waals surface area (Å²) in [6.45, 7) is 9.74. The third kappa shape index (κ3) is 2.78. The lowest BCUT2D eigenvalue weighted by Crippen LogP contribution is -2.37. The number of hydrogen-bond donors (Lipinski definition) is 1. The van der Waals surface area contributed by atoms with E-state index in [0.29, 0.717) is 11.8 Å². The molecule has 2 aliphatic carbocycles. The maximum absolute atomic E-state index is 11.1. The maximum atomic E-state index is 11.1. The maximum Gasteiger partial charge on any atom is 0.303 e. The molecule has 0 unspecified atom stereocenters. The molecule has 0 heterocycles. The Morgan fingerprint density at radius 1 is 1.50 bits per heavy atom. The summed E-state index contributed by atoms with van der Waals surface area (Å²) < 4.78 is 5.36. The first-order valence-electron chi connectivity index (χ1n) is 7.73. The van der Waals surface area contributed by atoms with E-state index in [0.717, 1.165) is 25.7 Å². The van der Waals surface area contributed by atoms with Crippen LogP contribution in [0.15, 0.2) is 11.6 Å². The molecule has 0 saturated heterocycles. The Labute approximate surface area is 122 Å². The first-order valence-corrected chi connectivity index (χ1v) is 7.73. The Kier molecular flexibility index (Phi) is 4.03. The lowest BCUT2D eigenvalue weighted by Gasteiger charge is -2.43. The van der Waals surface area contributed by atoms with Crippen molar-refractivity contribution in [1.29, 1.82) is 0 Å². The molecule has 0 aromatic heterocycles. The van der Waals surface area contributed by atoms with Crippen molar-refractivity contribution in [3.63, 3.8) is 0 Å². The summed E-state index contributed by atoms with van der Waals surface area (Å²) in [6, 6.07) is 0. The fourth-order valence-corrected chi connectivity index (χ4v) is 4.26. The van der Waals surface area contributed by atoms with Gasteiger partial charge in [0.1, 0.15) is 6.10 Å². The predicted molar refractivity (Wildman–Crippen MR) is 79.2 cm³/mol. The van der Waals surface area contributed by atoms with Crippen LogP contribution in [0.3, 0.4) is 0 Å². The van der Waals surface area contributed by atoms with Gasteiger partial charge >= 0.3 is 5.97 Å². The number of aliphatic hydroxyl groups is 1. The first-order chi connectivity index (χ1) is 9.15. The van der Waals surface area contributed by atoms with E-state index in [1.165, 1.54) is 12.5 Å². The van der Waals surface area contributed by atoms with E-state index in [4.69, 9.17) is 4.74 Å². The molecule has 0 radical (unpaired) electrons. The van der Waals surface area contributed by atoms with Crippen LogP contribution in [-0.4, -0.2) is 22.8 Å². The molecule has 0 amide bonds. The zero-order chi connectivity index (χ0) is 15.1. The molecule has 0 aliphatic heterocycles. The van der Waals surface area contributed by atoms with Crippen molar-refractivity contribution in [2.45, 2.75) is 72.0 Å². The van der Waals surface area contributed by atoms with Crippen LogP contribution >= 0.6 is 0 Å². The average molecular weight is 280 g/mol. The van der Waals surface area contributed by atoms with Gasteiger partial charge in [-0.1, -0.05) is 12.5 Å². The van der Waals surface area contributed by atoms with Crippen LogP contribution in [0.5, 0.6) is 0 Å². The SMILES string of the molecule is CC(=O)O[C@H]1C=C(C)[C@]2(CC[C@@H](C(C)(C)O)C2)[C@@H](C)C1. The van der Waals surface area contributed by atoms with Crippen molar-refractivity contribution in [2.24, 2.45) is 17.3 Å². The van der Waals surface area contributed by atoms with Gasteiger partial charge in [0.05, 0.1) is 5.60 Å². The molecular weight excluding hydrogens is 252 g/mol. The van der Waals surface area contributed by atoms with Gasteiger partial charge in [0.15, 0.2) is 0 Å². The van der Waals surface area contributed by atoms with Crippen LogP contribution < -0.4 is 0 Å². The molecule has 0 aromatic rings. The second-order valence-electron chi connectivity index (χ2n) is 7.38. The molecular formula is C17H28O3. The van der Waals surface area contributed by atoms with Crippen LogP contribution in [0.4, 0.5) is 0 Å². The van der Waals surface area contributed by atoms with Gasteiger partial charge in [-0.25, -0.2) is 0 Å². The van der Waals surface area contributed by atoms with Crippen molar-refractivity contribution >= 4 is 5.97 Å². The molecule has 4 atom stereocenters. The van der Waals surface area contributed by atoms with Crippen molar-refractivity contribution in [2.75, 3.05) is 0 Å². The van der Waals surface area contributed by atoms with Gasteiger partial charge in [0.2, 0.25) is 0 Å². The smallest absolute Gasteiger partial charge is 0.303 e. The van der Waals surface area contributed by atoms with Crippen molar-refractivity contribution in [1.82, 2.24) is 0 Å². The van der Waals surface area contributed by atoms with E-state index in [9.17, 15) is 9.90 Å². The molecule has 114 valence electrons. The minimum Gasteiger partial charge on any atom is -0.458 e. The summed E-state index contributed by atoms with van der Waals surface area (Å²) in [5.41, 5.74) is 0.937. The quantitative estimate of drug-likeness (QED) is 0.622. The second-order valence-corrected chi connectivity index (χ2v) is 7.38. The summed E-state index contributed by atoms with van der Waals surface area (Å²) in [5, 5.41) is 10.3. The molecule has 3 nitrogen and oxygen atoms in total. The molecule has 2 aliphatic rings. The Bertz CT molecular complexity index is 418. The van der Waals surface area contributed by atoms with Crippen molar-refractivity contribution in [3.05, 3.63) is 11.6 Å². The molecule has 0 bridgehead atoms. The van der Waals surface area contributed by atoms with Gasteiger partial charge < -0.3 is 9.84 Å². The highest BCUT2D eigenvalue weighted by Gasteiger charge is 2.50. The average Bonchev–Trinajstić information content (AvgIpc) is 2.71. The predicted octanol–water partition coefficient (Wildman–Crippen LogP) is 3.46. The number of allylic oxidation sites excluding steroid dienone is 1. The minimum absolute atomic E-state index is 0.0747. The Morgan fingerprint density at radius 2 is 2.15 bits per heavy atom. The lowest BCUT2D eigenvalue weighted by atomic mass is 9.63. The Morgan fingerprint density at radius 3 is 2.60 bits per heavy atom. The summed E-state index contributed by atoms with van der Waals surface area (Å²) >= 11 is 0. The van der Waals surface area contributed by atoms with Crippen LogP contribution in [0, 0.1) is 17.3 Å². The summed E-state index contributed by atoms with van der Waals surface area (Å²) in [4.78, 5) is 11.1. The molecule has 1 fully saturated rings.